The summed E-state index contributed by atoms with van der Waals surface area (Å²) in [5.41, 5.74) is 1.35. The van der Waals surface area contributed by atoms with Crippen LogP contribution in [0.25, 0.3) is 0 Å². The molecule has 0 spiro atoms. The van der Waals surface area contributed by atoms with Crippen molar-refractivity contribution in [3.63, 3.8) is 0 Å². The largest absolute Gasteiger partial charge is 0.497 e. The molecule has 0 heterocycles. The molecule has 0 saturated heterocycles. The highest BCUT2D eigenvalue weighted by molar-refractivity contribution is 9.10. The van der Waals surface area contributed by atoms with Gasteiger partial charge in [-0.3, -0.25) is 9.69 Å². The van der Waals surface area contributed by atoms with E-state index >= 15 is 0 Å². The molecule has 1 unspecified atom stereocenters. The highest BCUT2D eigenvalue weighted by Crippen LogP contribution is 2.24. The molecule has 6 heteroatoms. The number of carbonyl (C=O) groups excluding carboxylic acids is 1. The number of rotatable bonds is 8. The maximum absolute atomic E-state index is 13.5. The summed E-state index contributed by atoms with van der Waals surface area (Å²) in [4.78, 5) is 14.8. The van der Waals surface area contributed by atoms with Crippen molar-refractivity contribution in [3.05, 3.63) is 63.9 Å². The molecule has 2 aromatic carbocycles. The first-order chi connectivity index (χ1) is 12.5. The third-order valence-electron chi connectivity index (χ3n) is 4.36. The Hall–Kier alpha value is -1.92. The molecule has 2 rings (SSSR count). The van der Waals surface area contributed by atoms with Crippen LogP contribution >= 0.6 is 15.9 Å². The number of halogens is 2. The van der Waals surface area contributed by atoms with Gasteiger partial charge in [0.05, 0.1) is 18.7 Å². The van der Waals surface area contributed by atoms with E-state index in [-0.39, 0.29) is 17.5 Å². The molecule has 4 nitrogen and oxygen atoms in total. The fourth-order valence-electron chi connectivity index (χ4n) is 2.93. The third-order valence-corrected chi connectivity index (χ3v) is 5.05. The van der Waals surface area contributed by atoms with Gasteiger partial charge in [-0.15, -0.1) is 0 Å². The average molecular weight is 423 g/mol. The monoisotopic (exact) mass is 422 g/mol. The fourth-order valence-corrected chi connectivity index (χ4v) is 3.35. The van der Waals surface area contributed by atoms with E-state index in [1.165, 1.54) is 18.2 Å². The van der Waals surface area contributed by atoms with E-state index in [4.69, 9.17) is 4.74 Å². The Morgan fingerprint density at radius 1 is 1.23 bits per heavy atom. The van der Waals surface area contributed by atoms with Gasteiger partial charge in [-0.2, -0.15) is 0 Å². The van der Waals surface area contributed by atoms with E-state index in [2.05, 4.69) is 40.0 Å². The second-order valence-electron chi connectivity index (χ2n) is 5.85. The predicted molar refractivity (Wildman–Crippen MR) is 105 cm³/mol. The summed E-state index contributed by atoms with van der Waals surface area (Å²) in [7, 11) is 1.63. The first-order valence-corrected chi connectivity index (χ1v) is 9.40. The van der Waals surface area contributed by atoms with E-state index in [1.807, 2.05) is 24.3 Å². The molecule has 0 radical (unpaired) electrons. The van der Waals surface area contributed by atoms with Gasteiger partial charge in [0.15, 0.2) is 0 Å². The van der Waals surface area contributed by atoms with Crippen LogP contribution in [0.3, 0.4) is 0 Å². The van der Waals surface area contributed by atoms with Gasteiger partial charge < -0.3 is 10.1 Å². The molecular weight excluding hydrogens is 399 g/mol. The molecule has 0 aliphatic rings. The quantitative estimate of drug-likeness (QED) is 0.684. The molecule has 0 fully saturated rings. The maximum atomic E-state index is 13.5. The Morgan fingerprint density at radius 2 is 1.96 bits per heavy atom. The molecule has 1 N–H and O–H groups in total. The van der Waals surface area contributed by atoms with Crippen LogP contribution in [-0.4, -0.2) is 37.6 Å². The Bertz CT molecular complexity index is 750. The molecule has 2 aromatic rings. The number of amides is 1. The van der Waals surface area contributed by atoms with Gasteiger partial charge in [0.25, 0.3) is 5.91 Å². The number of likely N-dealkylation sites (N-methyl/N-ethyl adjacent to an activating group) is 1. The minimum atomic E-state index is -0.438. The Balaban J connectivity index is 2.21. The number of hydrogen-bond donors (Lipinski definition) is 1. The van der Waals surface area contributed by atoms with Crippen LogP contribution in [0.4, 0.5) is 4.39 Å². The van der Waals surface area contributed by atoms with Crippen LogP contribution in [0, 0.1) is 5.82 Å². The lowest BCUT2D eigenvalue weighted by atomic mass is 10.0. The zero-order valence-electron chi connectivity index (χ0n) is 15.3. The van der Waals surface area contributed by atoms with Crippen LogP contribution in [0.1, 0.15) is 35.8 Å². The van der Waals surface area contributed by atoms with Crippen LogP contribution < -0.4 is 10.1 Å². The van der Waals surface area contributed by atoms with Gasteiger partial charge in [-0.1, -0.05) is 26.0 Å². The second-order valence-corrected chi connectivity index (χ2v) is 6.70. The summed E-state index contributed by atoms with van der Waals surface area (Å²) in [5.74, 6) is 0.0294. The van der Waals surface area contributed by atoms with Crippen molar-refractivity contribution in [2.24, 2.45) is 0 Å². The highest BCUT2D eigenvalue weighted by Gasteiger charge is 2.20. The summed E-state index contributed by atoms with van der Waals surface area (Å²) < 4.78 is 19.4. The number of carbonyl (C=O) groups is 1. The van der Waals surface area contributed by atoms with Gasteiger partial charge in [0.2, 0.25) is 0 Å². The van der Waals surface area contributed by atoms with E-state index in [1.54, 1.807) is 7.11 Å². The minimum Gasteiger partial charge on any atom is -0.497 e. The number of hydrogen-bond acceptors (Lipinski definition) is 3. The predicted octanol–water partition coefficient (Wildman–Crippen LogP) is 4.41. The molecule has 1 atom stereocenters. The van der Waals surface area contributed by atoms with Crippen molar-refractivity contribution in [3.8, 4) is 5.75 Å². The van der Waals surface area contributed by atoms with Gasteiger partial charge in [-0.25, -0.2) is 4.39 Å². The number of nitrogens with one attached hydrogen (secondary N) is 1. The standard InChI is InChI=1S/C20H24BrFN2O2/c1-4-24(5-2)19(14-7-6-8-16(11-14)26-3)13-23-20(25)17-12-15(22)9-10-18(17)21/h6-12,19H,4-5,13H2,1-3H3,(H,23,25). The minimum absolute atomic E-state index is 0.00335. The number of nitrogens with zero attached hydrogens (tertiary/aromatic N) is 1. The van der Waals surface area contributed by atoms with Crippen LogP contribution in [0.5, 0.6) is 5.75 Å². The summed E-state index contributed by atoms with van der Waals surface area (Å²) in [6.45, 7) is 6.27. The van der Waals surface area contributed by atoms with Crippen molar-refractivity contribution in [1.29, 1.82) is 0 Å². The fraction of sp³-hybridized carbons (Fsp3) is 0.350. The Labute approximate surface area is 162 Å². The summed E-state index contributed by atoms with van der Waals surface area (Å²) >= 11 is 3.30. The smallest absolute Gasteiger partial charge is 0.252 e. The Kier molecular flexibility index (Phi) is 7.60. The molecule has 0 saturated carbocycles. The van der Waals surface area contributed by atoms with Gasteiger partial charge in [-0.05, 0) is 64.9 Å². The summed E-state index contributed by atoms with van der Waals surface area (Å²) in [6, 6.07) is 11.9. The summed E-state index contributed by atoms with van der Waals surface area (Å²) in [5, 5.41) is 2.93. The molecule has 1 amide bonds. The van der Waals surface area contributed by atoms with Crippen molar-refractivity contribution in [2.75, 3.05) is 26.7 Å². The van der Waals surface area contributed by atoms with Crippen molar-refractivity contribution < 1.29 is 13.9 Å². The first kappa shape index (κ1) is 20.4. The van der Waals surface area contributed by atoms with Crippen molar-refractivity contribution in [2.45, 2.75) is 19.9 Å². The molecule has 0 aliphatic carbocycles. The van der Waals surface area contributed by atoms with Gasteiger partial charge >= 0.3 is 0 Å². The van der Waals surface area contributed by atoms with Crippen LogP contribution in [-0.2, 0) is 0 Å². The molecule has 0 aromatic heterocycles. The van der Waals surface area contributed by atoms with Crippen molar-refractivity contribution in [1.82, 2.24) is 10.2 Å². The van der Waals surface area contributed by atoms with E-state index in [0.29, 0.717) is 11.0 Å². The SMILES string of the molecule is CCN(CC)C(CNC(=O)c1cc(F)ccc1Br)c1cccc(OC)c1. The van der Waals surface area contributed by atoms with Gasteiger partial charge in [0.1, 0.15) is 11.6 Å². The van der Waals surface area contributed by atoms with Crippen LogP contribution in [0.2, 0.25) is 0 Å². The lowest BCUT2D eigenvalue weighted by Crippen LogP contribution is -2.38. The lowest BCUT2D eigenvalue weighted by Gasteiger charge is -2.30. The zero-order valence-corrected chi connectivity index (χ0v) is 16.8. The average Bonchev–Trinajstić information content (AvgIpc) is 2.66. The summed E-state index contributed by atoms with van der Waals surface area (Å²) in [6.07, 6.45) is 0. The van der Waals surface area contributed by atoms with E-state index < -0.39 is 5.82 Å². The third kappa shape index (κ3) is 5.05. The normalized spacial score (nSPS) is 12.1. The molecule has 0 aliphatic heterocycles. The maximum Gasteiger partial charge on any atom is 0.252 e. The van der Waals surface area contributed by atoms with Gasteiger partial charge in [0, 0.05) is 11.0 Å². The molecular formula is C20H24BrFN2O2. The lowest BCUT2D eigenvalue weighted by molar-refractivity contribution is 0.0933. The topological polar surface area (TPSA) is 41.6 Å². The number of methoxy groups -OCH3 is 1. The van der Waals surface area contributed by atoms with E-state index in [9.17, 15) is 9.18 Å². The van der Waals surface area contributed by atoms with Crippen LogP contribution in [0.15, 0.2) is 46.9 Å². The van der Waals surface area contributed by atoms with E-state index in [0.717, 1.165) is 24.4 Å². The molecule has 0 bridgehead atoms. The zero-order chi connectivity index (χ0) is 19.1. The Morgan fingerprint density at radius 3 is 2.62 bits per heavy atom. The van der Waals surface area contributed by atoms with Crippen molar-refractivity contribution >= 4 is 21.8 Å². The second kappa shape index (κ2) is 9.69. The number of benzene rings is 2. The molecule has 26 heavy (non-hydrogen) atoms. The highest BCUT2D eigenvalue weighted by atomic mass is 79.9. The first-order valence-electron chi connectivity index (χ1n) is 8.61. The molecule has 140 valence electrons. The number of ether oxygens (including phenoxy) is 1.